The molecule has 1 aliphatic rings. The number of amides is 1. The molecule has 1 saturated heterocycles. The molecule has 0 atom stereocenters. The SMILES string of the molecule is O=C(c1nc2sccn2c1CN(CCO)Cc1cccs1)N1CCCCCCC1. The highest BCUT2D eigenvalue weighted by Crippen LogP contribution is 2.23. The first-order valence-corrected chi connectivity index (χ1v) is 12.1. The third-order valence-corrected chi connectivity index (χ3v) is 7.07. The topological polar surface area (TPSA) is 61.1 Å². The van der Waals surface area contributed by atoms with Crippen molar-refractivity contribution in [3.05, 3.63) is 45.4 Å². The average molecular weight is 433 g/mol. The minimum atomic E-state index is 0.0536. The van der Waals surface area contributed by atoms with Gasteiger partial charge in [-0.05, 0) is 24.3 Å². The first kappa shape index (κ1) is 20.5. The zero-order valence-electron chi connectivity index (χ0n) is 16.6. The van der Waals surface area contributed by atoms with Gasteiger partial charge >= 0.3 is 0 Å². The molecule has 1 N–H and O–H groups in total. The molecule has 4 heterocycles. The van der Waals surface area contributed by atoms with Crippen molar-refractivity contribution in [2.45, 2.75) is 45.2 Å². The molecule has 0 unspecified atom stereocenters. The summed E-state index contributed by atoms with van der Waals surface area (Å²) in [5, 5.41) is 13.6. The molecule has 1 amide bonds. The van der Waals surface area contributed by atoms with Gasteiger partial charge in [0.1, 0.15) is 0 Å². The van der Waals surface area contributed by atoms with Crippen molar-refractivity contribution in [2.75, 3.05) is 26.2 Å². The van der Waals surface area contributed by atoms with Gasteiger partial charge in [0.25, 0.3) is 5.91 Å². The van der Waals surface area contributed by atoms with Gasteiger partial charge in [-0.15, -0.1) is 22.7 Å². The van der Waals surface area contributed by atoms with E-state index in [0.717, 1.165) is 43.1 Å². The molecule has 1 aliphatic heterocycles. The molecule has 1 fully saturated rings. The molecule has 0 bridgehead atoms. The number of aliphatic hydroxyl groups is 1. The number of fused-ring (bicyclic) bond motifs is 1. The van der Waals surface area contributed by atoms with Crippen LogP contribution in [-0.4, -0.2) is 56.4 Å². The predicted octanol–water partition coefficient (Wildman–Crippen LogP) is 3.86. The summed E-state index contributed by atoms with van der Waals surface area (Å²) in [5.74, 6) is 0.0536. The second-order valence-corrected chi connectivity index (χ2v) is 9.44. The monoisotopic (exact) mass is 432 g/mol. The Morgan fingerprint density at radius 3 is 2.62 bits per heavy atom. The highest BCUT2D eigenvalue weighted by molar-refractivity contribution is 7.15. The number of carbonyl (C=O) groups is 1. The van der Waals surface area contributed by atoms with Crippen LogP contribution in [0.4, 0.5) is 0 Å². The Bertz CT molecular complexity index is 911. The van der Waals surface area contributed by atoms with Crippen molar-refractivity contribution in [3.8, 4) is 0 Å². The number of imidazole rings is 1. The van der Waals surface area contributed by atoms with Gasteiger partial charge in [0.15, 0.2) is 10.7 Å². The van der Waals surface area contributed by atoms with E-state index in [2.05, 4.69) is 16.3 Å². The fraction of sp³-hybridized carbons (Fsp3) is 0.524. The smallest absolute Gasteiger partial charge is 0.274 e. The van der Waals surface area contributed by atoms with E-state index >= 15 is 0 Å². The van der Waals surface area contributed by atoms with Crippen LogP contribution in [0.2, 0.25) is 0 Å². The summed E-state index contributed by atoms with van der Waals surface area (Å²) in [6.07, 6.45) is 7.79. The number of aromatic nitrogens is 2. The number of aliphatic hydroxyl groups excluding tert-OH is 1. The number of likely N-dealkylation sites (tertiary alicyclic amines) is 1. The van der Waals surface area contributed by atoms with Crippen LogP contribution in [0.15, 0.2) is 29.1 Å². The molecule has 8 heteroatoms. The number of thiophene rings is 1. The lowest BCUT2D eigenvalue weighted by Crippen LogP contribution is -2.35. The molecular weight excluding hydrogens is 404 g/mol. The molecule has 0 aliphatic carbocycles. The van der Waals surface area contributed by atoms with Crippen LogP contribution in [0.5, 0.6) is 0 Å². The normalized spacial score (nSPS) is 15.7. The highest BCUT2D eigenvalue weighted by Gasteiger charge is 2.26. The van der Waals surface area contributed by atoms with E-state index in [4.69, 9.17) is 4.98 Å². The van der Waals surface area contributed by atoms with Gasteiger partial charge in [0.05, 0.1) is 12.3 Å². The van der Waals surface area contributed by atoms with E-state index in [1.807, 2.05) is 26.9 Å². The van der Waals surface area contributed by atoms with Crippen LogP contribution in [-0.2, 0) is 13.1 Å². The van der Waals surface area contributed by atoms with Gasteiger partial charge in [-0.1, -0.05) is 25.3 Å². The van der Waals surface area contributed by atoms with Crippen molar-refractivity contribution in [1.82, 2.24) is 19.2 Å². The van der Waals surface area contributed by atoms with Gasteiger partial charge < -0.3 is 10.0 Å². The maximum absolute atomic E-state index is 13.4. The highest BCUT2D eigenvalue weighted by atomic mass is 32.1. The molecule has 29 heavy (non-hydrogen) atoms. The molecular formula is C21H28N4O2S2. The largest absolute Gasteiger partial charge is 0.395 e. The molecule has 0 saturated carbocycles. The lowest BCUT2D eigenvalue weighted by atomic mass is 10.1. The zero-order valence-corrected chi connectivity index (χ0v) is 18.3. The van der Waals surface area contributed by atoms with E-state index in [9.17, 15) is 9.90 Å². The zero-order chi connectivity index (χ0) is 20.1. The Morgan fingerprint density at radius 2 is 1.90 bits per heavy atom. The molecule has 156 valence electrons. The fourth-order valence-electron chi connectivity index (χ4n) is 3.95. The molecule has 6 nitrogen and oxygen atoms in total. The maximum Gasteiger partial charge on any atom is 0.274 e. The molecule has 0 spiro atoms. The number of hydrogen-bond donors (Lipinski definition) is 1. The van der Waals surface area contributed by atoms with Gasteiger partial charge in [-0.2, -0.15) is 0 Å². The average Bonchev–Trinajstić information content (AvgIpc) is 3.40. The van der Waals surface area contributed by atoms with Gasteiger partial charge in [-0.3, -0.25) is 14.1 Å². The number of nitrogens with zero attached hydrogens (tertiary/aromatic N) is 4. The lowest BCUT2D eigenvalue weighted by molar-refractivity contribution is 0.0734. The summed E-state index contributed by atoms with van der Waals surface area (Å²) in [6.45, 7) is 3.63. The third kappa shape index (κ3) is 4.88. The molecule has 3 aromatic rings. The van der Waals surface area contributed by atoms with Crippen LogP contribution in [0.25, 0.3) is 4.96 Å². The van der Waals surface area contributed by atoms with Crippen LogP contribution < -0.4 is 0 Å². The van der Waals surface area contributed by atoms with Gasteiger partial charge in [0, 0.05) is 49.2 Å². The van der Waals surface area contributed by atoms with Gasteiger partial charge in [0.2, 0.25) is 0 Å². The molecule has 0 aromatic carbocycles. The van der Waals surface area contributed by atoms with Crippen LogP contribution in [0, 0.1) is 0 Å². The number of hydrogen-bond acceptors (Lipinski definition) is 6. The van der Waals surface area contributed by atoms with Crippen molar-refractivity contribution in [2.24, 2.45) is 0 Å². The van der Waals surface area contributed by atoms with Crippen molar-refractivity contribution >= 4 is 33.5 Å². The van der Waals surface area contributed by atoms with E-state index in [-0.39, 0.29) is 12.5 Å². The molecule has 3 aromatic heterocycles. The van der Waals surface area contributed by atoms with Crippen molar-refractivity contribution in [1.29, 1.82) is 0 Å². The second-order valence-electron chi connectivity index (χ2n) is 7.54. The summed E-state index contributed by atoms with van der Waals surface area (Å²) in [5.41, 5.74) is 1.50. The summed E-state index contributed by atoms with van der Waals surface area (Å²) >= 11 is 3.27. The Hall–Kier alpha value is -1.74. The fourth-order valence-corrected chi connectivity index (χ4v) is 5.42. The quantitative estimate of drug-likeness (QED) is 0.616. The Labute approximate surface area is 179 Å². The minimum absolute atomic E-state index is 0.0536. The first-order valence-electron chi connectivity index (χ1n) is 10.4. The summed E-state index contributed by atoms with van der Waals surface area (Å²) in [7, 11) is 0. The first-order chi connectivity index (χ1) is 14.3. The Kier molecular flexibility index (Phi) is 6.97. The summed E-state index contributed by atoms with van der Waals surface area (Å²) in [4.78, 5) is 24.4. The van der Waals surface area contributed by atoms with Gasteiger partial charge in [-0.25, -0.2) is 4.98 Å². The van der Waals surface area contributed by atoms with E-state index in [1.54, 1.807) is 22.7 Å². The maximum atomic E-state index is 13.4. The number of carbonyl (C=O) groups excluding carboxylic acids is 1. The summed E-state index contributed by atoms with van der Waals surface area (Å²) in [6, 6.07) is 4.15. The molecule has 4 rings (SSSR count). The van der Waals surface area contributed by atoms with E-state index < -0.39 is 0 Å². The molecule has 0 radical (unpaired) electrons. The van der Waals surface area contributed by atoms with Crippen LogP contribution >= 0.6 is 22.7 Å². The van der Waals surface area contributed by atoms with Crippen molar-refractivity contribution in [3.63, 3.8) is 0 Å². The number of thiazole rings is 1. The lowest BCUT2D eigenvalue weighted by Gasteiger charge is -2.25. The Morgan fingerprint density at radius 1 is 1.10 bits per heavy atom. The van der Waals surface area contributed by atoms with Crippen molar-refractivity contribution < 1.29 is 9.90 Å². The number of rotatable bonds is 7. The predicted molar refractivity (Wildman–Crippen MR) is 118 cm³/mol. The minimum Gasteiger partial charge on any atom is -0.395 e. The van der Waals surface area contributed by atoms with E-state index in [1.165, 1.54) is 24.1 Å². The second kappa shape index (κ2) is 9.84. The van der Waals surface area contributed by atoms with Crippen LogP contribution in [0.3, 0.4) is 0 Å². The van der Waals surface area contributed by atoms with E-state index in [0.29, 0.717) is 18.8 Å². The van der Waals surface area contributed by atoms with Crippen LogP contribution in [0.1, 0.15) is 53.2 Å². The standard InChI is InChI=1S/C21H28N4O2S2/c26-12-10-23(15-17-7-6-13-28-17)16-18-19(22-21-25(18)11-14-29-21)20(27)24-8-4-2-1-3-5-9-24/h6-7,11,13-14,26H,1-5,8-10,12,15-16H2. The Balaban J connectivity index is 1.60. The summed E-state index contributed by atoms with van der Waals surface area (Å²) < 4.78 is 2.04. The third-order valence-electron chi connectivity index (χ3n) is 5.46.